The van der Waals surface area contributed by atoms with Crippen LogP contribution in [-0.2, 0) is 0 Å². The van der Waals surface area contributed by atoms with Crippen molar-refractivity contribution in [3.05, 3.63) is 46.9 Å². The molecule has 8 heteroatoms. The minimum atomic E-state index is -0.541. The first kappa shape index (κ1) is 13.6. The van der Waals surface area contributed by atoms with Gasteiger partial charge in [0.15, 0.2) is 11.6 Å². The summed E-state index contributed by atoms with van der Waals surface area (Å²) in [5.74, 6) is -0.158. The van der Waals surface area contributed by atoms with Crippen LogP contribution in [-0.4, -0.2) is 21.8 Å². The van der Waals surface area contributed by atoms with Crippen molar-refractivity contribution in [1.82, 2.24) is 20.8 Å². The Bertz CT molecular complexity index is 679. The summed E-state index contributed by atoms with van der Waals surface area (Å²) in [5, 5.41) is 0.283. The summed E-state index contributed by atoms with van der Waals surface area (Å²) in [6, 6.07) is 2.98. The summed E-state index contributed by atoms with van der Waals surface area (Å²) in [5.41, 5.74) is 4.94. The zero-order valence-electron chi connectivity index (χ0n) is 10.8. The molecule has 0 aliphatic heterocycles. The lowest BCUT2D eigenvalue weighted by Crippen LogP contribution is -2.41. The van der Waals surface area contributed by atoms with Crippen molar-refractivity contribution in [2.45, 2.75) is 18.8 Å². The number of hydrogen-bond donors (Lipinski definition) is 2. The van der Waals surface area contributed by atoms with Gasteiger partial charge < -0.3 is 4.42 Å². The molecule has 0 aromatic carbocycles. The summed E-state index contributed by atoms with van der Waals surface area (Å²) >= 11 is 5.63. The van der Waals surface area contributed by atoms with E-state index in [1.807, 2.05) is 0 Å². The Balaban J connectivity index is 1.57. The van der Waals surface area contributed by atoms with E-state index in [1.54, 1.807) is 0 Å². The van der Waals surface area contributed by atoms with E-state index >= 15 is 0 Å². The maximum atomic E-state index is 11.8. The van der Waals surface area contributed by atoms with Gasteiger partial charge in [0.2, 0.25) is 0 Å². The van der Waals surface area contributed by atoms with Crippen LogP contribution in [0.3, 0.4) is 0 Å². The van der Waals surface area contributed by atoms with Gasteiger partial charge in [-0.3, -0.25) is 20.4 Å². The molecule has 0 bridgehead atoms. The molecule has 2 heterocycles. The number of amides is 2. The maximum absolute atomic E-state index is 11.8. The van der Waals surface area contributed by atoms with Gasteiger partial charge in [-0.05, 0) is 25.0 Å². The largest absolute Gasteiger partial charge is 0.448 e. The minimum Gasteiger partial charge on any atom is -0.448 e. The molecular formula is C13H11ClN4O3. The van der Waals surface area contributed by atoms with Crippen molar-refractivity contribution >= 4 is 23.4 Å². The molecule has 1 aliphatic rings. The number of aromatic nitrogens is 2. The first-order valence-electron chi connectivity index (χ1n) is 6.31. The molecule has 108 valence electrons. The number of carbonyl (C=O) groups is 2. The SMILES string of the molecule is O=C(NNC(=O)c1coc(C2CC2)n1)c1ccc(Cl)nc1. The van der Waals surface area contributed by atoms with Crippen LogP contribution < -0.4 is 10.9 Å². The molecule has 2 aromatic rings. The van der Waals surface area contributed by atoms with Crippen molar-refractivity contribution < 1.29 is 14.0 Å². The highest BCUT2D eigenvalue weighted by Gasteiger charge is 2.29. The third-order valence-corrected chi connectivity index (χ3v) is 3.18. The Morgan fingerprint density at radius 3 is 2.67 bits per heavy atom. The van der Waals surface area contributed by atoms with Gasteiger partial charge in [-0.25, -0.2) is 9.97 Å². The van der Waals surface area contributed by atoms with Crippen LogP contribution >= 0.6 is 11.6 Å². The average molecular weight is 307 g/mol. The number of nitrogens with zero attached hydrogens (tertiary/aromatic N) is 2. The van der Waals surface area contributed by atoms with E-state index in [1.165, 1.54) is 24.6 Å². The van der Waals surface area contributed by atoms with Crippen LogP contribution in [0.2, 0.25) is 5.15 Å². The Morgan fingerprint density at radius 2 is 2.00 bits per heavy atom. The van der Waals surface area contributed by atoms with E-state index < -0.39 is 11.8 Å². The number of carbonyl (C=O) groups excluding carboxylic acids is 2. The highest BCUT2D eigenvalue weighted by molar-refractivity contribution is 6.29. The molecule has 7 nitrogen and oxygen atoms in total. The van der Waals surface area contributed by atoms with E-state index in [9.17, 15) is 9.59 Å². The van der Waals surface area contributed by atoms with E-state index in [0.29, 0.717) is 11.8 Å². The Hall–Kier alpha value is -2.41. The van der Waals surface area contributed by atoms with Crippen molar-refractivity contribution in [2.24, 2.45) is 0 Å². The number of pyridine rings is 1. The molecule has 2 N–H and O–H groups in total. The Kier molecular flexibility index (Phi) is 3.57. The molecule has 2 amide bonds. The molecule has 3 rings (SSSR count). The highest BCUT2D eigenvalue weighted by atomic mass is 35.5. The van der Waals surface area contributed by atoms with Gasteiger partial charge in [-0.2, -0.15) is 0 Å². The number of nitrogens with one attached hydrogen (secondary N) is 2. The quantitative estimate of drug-likeness (QED) is 0.664. The molecule has 0 unspecified atom stereocenters. The van der Waals surface area contributed by atoms with E-state index in [0.717, 1.165) is 12.8 Å². The second kappa shape index (κ2) is 5.53. The smallest absolute Gasteiger partial charge is 0.291 e. The Labute approximate surface area is 124 Å². The fraction of sp³-hybridized carbons (Fsp3) is 0.231. The normalized spacial score (nSPS) is 13.8. The van der Waals surface area contributed by atoms with Crippen molar-refractivity contribution in [3.63, 3.8) is 0 Å². The lowest BCUT2D eigenvalue weighted by Gasteiger charge is -2.05. The summed E-state index contributed by atoms with van der Waals surface area (Å²) in [6.07, 6.45) is 4.65. The van der Waals surface area contributed by atoms with Crippen LogP contribution in [0, 0.1) is 0 Å². The Morgan fingerprint density at radius 1 is 1.24 bits per heavy atom. The molecule has 0 spiro atoms. The van der Waals surface area contributed by atoms with Crippen molar-refractivity contribution in [2.75, 3.05) is 0 Å². The zero-order valence-corrected chi connectivity index (χ0v) is 11.6. The fourth-order valence-corrected chi connectivity index (χ4v) is 1.78. The van der Waals surface area contributed by atoms with Crippen LogP contribution in [0.5, 0.6) is 0 Å². The van der Waals surface area contributed by atoms with Crippen LogP contribution in [0.4, 0.5) is 0 Å². The third-order valence-electron chi connectivity index (χ3n) is 2.96. The van der Waals surface area contributed by atoms with Gasteiger partial charge in [0.1, 0.15) is 11.4 Å². The monoisotopic (exact) mass is 306 g/mol. The van der Waals surface area contributed by atoms with Gasteiger partial charge in [-0.15, -0.1) is 0 Å². The highest BCUT2D eigenvalue weighted by Crippen LogP contribution is 2.39. The first-order chi connectivity index (χ1) is 10.1. The molecule has 1 fully saturated rings. The number of oxazole rings is 1. The number of halogens is 1. The van der Waals surface area contributed by atoms with Crippen LogP contribution in [0.15, 0.2) is 29.0 Å². The van der Waals surface area contributed by atoms with Gasteiger partial charge in [-0.1, -0.05) is 11.6 Å². The van der Waals surface area contributed by atoms with E-state index in [4.69, 9.17) is 16.0 Å². The number of hydrogen-bond acceptors (Lipinski definition) is 5. The topological polar surface area (TPSA) is 97.1 Å². The third kappa shape index (κ3) is 3.19. The average Bonchev–Trinajstić information content (AvgIpc) is 3.22. The second-order valence-electron chi connectivity index (χ2n) is 4.62. The van der Waals surface area contributed by atoms with E-state index in [-0.39, 0.29) is 16.4 Å². The second-order valence-corrected chi connectivity index (χ2v) is 5.01. The molecule has 0 saturated heterocycles. The van der Waals surface area contributed by atoms with Crippen molar-refractivity contribution in [3.8, 4) is 0 Å². The molecular weight excluding hydrogens is 296 g/mol. The molecule has 0 atom stereocenters. The summed E-state index contributed by atoms with van der Waals surface area (Å²) in [6.45, 7) is 0. The van der Waals surface area contributed by atoms with Gasteiger partial charge in [0.25, 0.3) is 11.8 Å². The molecule has 1 saturated carbocycles. The summed E-state index contributed by atoms with van der Waals surface area (Å²) < 4.78 is 5.21. The van der Waals surface area contributed by atoms with Gasteiger partial charge in [0, 0.05) is 12.1 Å². The van der Waals surface area contributed by atoms with Gasteiger partial charge >= 0.3 is 0 Å². The minimum absolute atomic E-state index is 0.131. The van der Waals surface area contributed by atoms with Crippen molar-refractivity contribution in [1.29, 1.82) is 0 Å². The molecule has 1 aliphatic carbocycles. The van der Waals surface area contributed by atoms with Gasteiger partial charge in [0.05, 0.1) is 5.56 Å². The fourth-order valence-electron chi connectivity index (χ4n) is 1.67. The number of rotatable bonds is 3. The lowest BCUT2D eigenvalue weighted by atomic mass is 10.3. The predicted octanol–water partition coefficient (Wildman–Crippen LogP) is 1.68. The molecule has 21 heavy (non-hydrogen) atoms. The van der Waals surface area contributed by atoms with Crippen LogP contribution in [0.25, 0.3) is 0 Å². The van der Waals surface area contributed by atoms with Crippen LogP contribution in [0.1, 0.15) is 45.5 Å². The summed E-state index contributed by atoms with van der Waals surface area (Å²) in [4.78, 5) is 31.4. The number of hydrazine groups is 1. The lowest BCUT2D eigenvalue weighted by molar-refractivity contribution is 0.0843. The standard InChI is InChI=1S/C13H11ClN4O3/c14-10-4-3-8(5-15-10)11(19)17-18-12(20)9-6-21-13(16-9)7-1-2-7/h3-7H,1-2H2,(H,17,19)(H,18,20). The maximum Gasteiger partial charge on any atom is 0.291 e. The molecule has 0 radical (unpaired) electrons. The molecule has 2 aromatic heterocycles. The first-order valence-corrected chi connectivity index (χ1v) is 6.69. The predicted molar refractivity (Wildman–Crippen MR) is 72.7 cm³/mol. The van der Waals surface area contributed by atoms with E-state index in [2.05, 4.69) is 20.8 Å². The zero-order chi connectivity index (χ0) is 14.8. The summed E-state index contributed by atoms with van der Waals surface area (Å²) in [7, 11) is 0.